The van der Waals surface area contributed by atoms with Crippen molar-refractivity contribution in [3.05, 3.63) is 35.1 Å². The van der Waals surface area contributed by atoms with Gasteiger partial charge in [0.05, 0.1) is 12.2 Å². The van der Waals surface area contributed by atoms with Gasteiger partial charge in [0.1, 0.15) is 5.82 Å². The number of halogens is 5. The van der Waals surface area contributed by atoms with E-state index in [1.54, 1.807) is 0 Å². The zero-order valence-corrected chi connectivity index (χ0v) is 8.16. The fraction of sp³-hybridized carbons (Fsp3) is 0.250. The number of alkyl halides is 3. The van der Waals surface area contributed by atoms with E-state index in [0.717, 1.165) is 12.1 Å². The van der Waals surface area contributed by atoms with E-state index < -0.39 is 17.6 Å². The second-order valence-electron chi connectivity index (χ2n) is 2.61. The molecule has 0 aliphatic carbocycles. The van der Waals surface area contributed by atoms with Gasteiger partial charge in [0.25, 0.3) is 0 Å². The number of hydrogen-bond donors (Lipinski definition) is 1. The molecule has 0 fully saturated rings. The quantitative estimate of drug-likeness (QED) is 0.642. The molecule has 0 radical (unpaired) electrons. The van der Waals surface area contributed by atoms with Gasteiger partial charge < -0.3 is 0 Å². The van der Waals surface area contributed by atoms with Gasteiger partial charge in [-0.05, 0) is 12.1 Å². The fourth-order valence-corrected chi connectivity index (χ4v) is 0.930. The predicted octanol–water partition coefficient (Wildman–Crippen LogP) is 2.66. The lowest BCUT2D eigenvalue weighted by Gasteiger charge is -2.08. The Balaban J connectivity index is 0.00000196. The Morgan fingerprint density at radius 2 is 1.87 bits per heavy atom. The Labute approximate surface area is 89.4 Å². The molecule has 0 heterocycles. The van der Waals surface area contributed by atoms with Gasteiger partial charge in [-0.15, -0.1) is 12.4 Å². The van der Waals surface area contributed by atoms with E-state index in [9.17, 15) is 17.6 Å². The van der Waals surface area contributed by atoms with E-state index in [2.05, 4.69) is 10.7 Å². The molecule has 7 heteroatoms. The summed E-state index contributed by atoms with van der Waals surface area (Å²) in [6, 6.07) is 2.18. The van der Waals surface area contributed by atoms with Gasteiger partial charge in [0.15, 0.2) is 0 Å². The van der Waals surface area contributed by atoms with Crippen molar-refractivity contribution in [3.8, 4) is 0 Å². The maximum atomic E-state index is 12.9. The largest absolute Gasteiger partial charge is 0.416 e. The summed E-state index contributed by atoms with van der Waals surface area (Å²) in [4.78, 5) is 4.11. The highest BCUT2D eigenvalue weighted by atomic mass is 35.5. The SMILES string of the molecule is Cl.NOCc1ccc(C(F)(F)F)cc1F. The van der Waals surface area contributed by atoms with E-state index >= 15 is 0 Å². The van der Waals surface area contributed by atoms with E-state index in [0.29, 0.717) is 6.07 Å². The molecule has 1 aromatic carbocycles. The molecule has 1 aromatic rings. The molecule has 0 bridgehead atoms. The van der Waals surface area contributed by atoms with Crippen molar-refractivity contribution < 1.29 is 22.4 Å². The van der Waals surface area contributed by atoms with Gasteiger partial charge in [-0.3, -0.25) is 4.84 Å². The van der Waals surface area contributed by atoms with Crippen LogP contribution < -0.4 is 5.90 Å². The summed E-state index contributed by atoms with van der Waals surface area (Å²) in [5.41, 5.74) is -1.05. The molecule has 0 atom stereocenters. The molecule has 86 valence electrons. The molecule has 0 unspecified atom stereocenters. The molecule has 1 rings (SSSR count). The monoisotopic (exact) mass is 245 g/mol. The van der Waals surface area contributed by atoms with Crippen LogP contribution in [-0.2, 0) is 17.6 Å². The third-order valence-electron chi connectivity index (χ3n) is 1.62. The first-order valence-corrected chi connectivity index (χ1v) is 3.62. The fourth-order valence-electron chi connectivity index (χ4n) is 0.930. The first-order chi connectivity index (χ1) is 6.45. The Bertz CT molecular complexity index is 329. The molecule has 0 saturated heterocycles. The molecule has 0 aliphatic rings. The first kappa shape index (κ1) is 14.2. The summed E-state index contributed by atoms with van der Waals surface area (Å²) in [7, 11) is 0. The molecule has 15 heavy (non-hydrogen) atoms. The maximum Gasteiger partial charge on any atom is 0.416 e. The number of hydrogen-bond acceptors (Lipinski definition) is 2. The highest BCUT2D eigenvalue weighted by molar-refractivity contribution is 5.85. The topological polar surface area (TPSA) is 35.2 Å². The van der Waals surface area contributed by atoms with Crippen molar-refractivity contribution >= 4 is 12.4 Å². The Morgan fingerprint density at radius 1 is 1.27 bits per heavy atom. The van der Waals surface area contributed by atoms with Crippen LogP contribution in [0.1, 0.15) is 11.1 Å². The Morgan fingerprint density at radius 3 is 2.27 bits per heavy atom. The zero-order chi connectivity index (χ0) is 10.8. The van der Waals surface area contributed by atoms with Crippen LogP contribution in [0.15, 0.2) is 18.2 Å². The highest BCUT2D eigenvalue weighted by Crippen LogP contribution is 2.30. The predicted molar refractivity (Wildman–Crippen MR) is 47.6 cm³/mol. The average Bonchev–Trinajstić information content (AvgIpc) is 2.07. The summed E-state index contributed by atoms with van der Waals surface area (Å²) >= 11 is 0. The van der Waals surface area contributed by atoms with Crippen molar-refractivity contribution in [2.45, 2.75) is 12.8 Å². The van der Waals surface area contributed by atoms with Gasteiger partial charge >= 0.3 is 6.18 Å². The van der Waals surface area contributed by atoms with Crippen LogP contribution in [0.2, 0.25) is 0 Å². The summed E-state index contributed by atoms with van der Waals surface area (Å²) in [5.74, 6) is 3.68. The minimum Gasteiger partial charge on any atom is -0.300 e. The molecule has 2 nitrogen and oxygen atoms in total. The third-order valence-corrected chi connectivity index (χ3v) is 1.62. The van der Waals surface area contributed by atoms with Gasteiger partial charge in [0.2, 0.25) is 0 Å². The zero-order valence-electron chi connectivity index (χ0n) is 7.34. The van der Waals surface area contributed by atoms with Crippen LogP contribution in [0.5, 0.6) is 0 Å². The van der Waals surface area contributed by atoms with Gasteiger partial charge in [-0.25, -0.2) is 10.3 Å². The van der Waals surface area contributed by atoms with Crippen molar-refractivity contribution in [2.75, 3.05) is 0 Å². The Hall–Kier alpha value is -0.850. The molecular weight excluding hydrogens is 238 g/mol. The van der Waals surface area contributed by atoms with Gasteiger partial charge in [-0.1, -0.05) is 6.07 Å². The number of nitrogens with two attached hydrogens (primary N) is 1. The molecule has 0 aromatic heterocycles. The van der Waals surface area contributed by atoms with Crippen LogP contribution in [0, 0.1) is 5.82 Å². The third kappa shape index (κ3) is 3.65. The number of benzene rings is 1. The number of rotatable bonds is 2. The first-order valence-electron chi connectivity index (χ1n) is 3.62. The molecule has 0 amide bonds. The molecule has 0 spiro atoms. The standard InChI is InChI=1S/C8H7F4NO.ClH/c9-7-3-6(8(10,11)12)2-1-5(7)4-14-13;/h1-3H,4,13H2;1H. The van der Waals surface area contributed by atoms with Crippen molar-refractivity contribution in [2.24, 2.45) is 5.90 Å². The molecule has 0 aliphatic heterocycles. The lowest BCUT2D eigenvalue weighted by molar-refractivity contribution is -0.137. The minimum absolute atomic E-state index is 0. The van der Waals surface area contributed by atoms with E-state index in [-0.39, 0.29) is 24.6 Å². The van der Waals surface area contributed by atoms with Crippen molar-refractivity contribution in [1.82, 2.24) is 0 Å². The minimum atomic E-state index is -4.54. The summed E-state index contributed by atoms with van der Waals surface area (Å²) in [6.45, 7) is -0.260. The second kappa shape index (κ2) is 5.29. The normalized spacial score (nSPS) is 11.0. The molecule has 0 saturated carbocycles. The van der Waals surface area contributed by atoms with E-state index in [1.807, 2.05) is 0 Å². The molecule has 2 N–H and O–H groups in total. The van der Waals surface area contributed by atoms with Crippen LogP contribution >= 0.6 is 12.4 Å². The van der Waals surface area contributed by atoms with Crippen molar-refractivity contribution in [1.29, 1.82) is 0 Å². The van der Waals surface area contributed by atoms with E-state index in [4.69, 9.17) is 0 Å². The summed E-state index contributed by atoms with van der Waals surface area (Å²) < 4.78 is 49.1. The lowest BCUT2D eigenvalue weighted by Crippen LogP contribution is -2.07. The second-order valence-corrected chi connectivity index (χ2v) is 2.61. The summed E-state index contributed by atoms with van der Waals surface area (Å²) in [5, 5.41) is 0. The van der Waals surface area contributed by atoms with Crippen LogP contribution in [0.25, 0.3) is 0 Å². The maximum absolute atomic E-state index is 12.9. The summed E-state index contributed by atoms with van der Waals surface area (Å²) in [6.07, 6.45) is -4.54. The van der Waals surface area contributed by atoms with Crippen LogP contribution in [0.4, 0.5) is 17.6 Å². The smallest absolute Gasteiger partial charge is 0.300 e. The Kier molecular flexibility index (Phi) is 4.99. The lowest BCUT2D eigenvalue weighted by atomic mass is 10.1. The highest BCUT2D eigenvalue weighted by Gasteiger charge is 2.31. The van der Waals surface area contributed by atoms with Gasteiger partial charge in [-0.2, -0.15) is 13.2 Å². The van der Waals surface area contributed by atoms with Crippen LogP contribution in [0.3, 0.4) is 0 Å². The average molecular weight is 246 g/mol. The van der Waals surface area contributed by atoms with Gasteiger partial charge in [0, 0.05) is 5.56 Å². The van der Waals surface area contributed by atoms with E-state index in [1.165, 1.54) is 0 Å². The van der Waals surface area contributed by atoms with Crippen molar-refractivity contribution in [3.63, 3.8) is 0 Å². The van der Waals surface area contributed by atoms with Crippen LogP contribution in [-0.4, -0.2) is 0 Å². The molecular formula is C8H8ClF4NO.